The van der Waals surface area contributed by atoms with E-state index in [0.717, 1.165) is 0 Å². The van der Waals surface area contributed by atoms with Crippen molar-refractivity contribution in [3.63, 3.8) is 0 Å². The summed E-state index contributed by atoms with van der Waals surface area (Å²) < 4.78 is 15.3. The molecule has 0 saturated carbocycles. The maximum Gasteiger partial charge on any atom is 0.306 e. The molecule has 1 unspecified atom stereocenters. The van der Waals surface area contributed by atoms with Crippen LogP contribution in [0.4, 0.5) is 0 Å². The summed E-state index contributed by atoms with van der Waals surface area (Å²) in [6.45, 7) is 3.20. The Morgan fingerprint density at radius 2 is 1.55 bits per heavy atom. The minimum absolute atomic E-state index is 0.197. The number of aliphatic hydroxyl groups excluding tert-OH is 2. The van der Waals surface area contributed by atoms with Crippen molar-refractivity contribution in [1.29, 1.82) is 0 Å². The molecule has 0 aromatic rings. The van der Waals surface area contributed by atoms with Gasteiger partial charge in [-0.15, -0.1) is 0 Å². The van der Waals surface area contributed by atoms with Crippen LogP contribution >= 0.6 is 0 Å². The van der Waals surface area contributed by atoms with Crippen LogP contribution in [0.25, 0.3) is 0 Å². The average Bonchev–Trinajstić information content (AvgIpc) is 2.67. The fourth-order valence-corrected chi connectivity index (χ4v) is 1.95. The Morgan fingerprint density at radius 3 is 2.00 bits per heavy atom. The zero-order valence-corrected chi connectivity index (χ0v) is 11.8. The van der Waals surface area contributed by atoms with E-state index in [-0.39, 0.29) is 12.8 Å². The minimum Gasteiger partial charge on any atom is -0.455 e. The molecule has 1 rings (SSSR count). The van der Waals surface area contributed by atoms with Crippen LogP contribution in [0.3, 0.4) is 0 Å². The molecule has 1 heterocycles. The number of ether oxygens (including phenoxy) is 3. The fourth-order valence-electron chi connectivity index (χ4n) is 1.95. The van der Waals surface area contributed by atoms with Gasteiger partial charge in [0.25, 0.3) is 0 Å². The highest BCUT2D eigenvalue weighted by atomic mass is 16.7. The molecule has 0 bridgehead atoms. The van der Waals surface area contributed by atoms with Gasteiger partial charge in [-0.25, -0.2) is 0 Å². The van der Waals surface area contributed by atoms with Crippen molar-refractivity contribution >= 4 is 11.9 Å². The summed E-state index contributed by atoms with van der Waals surface area (Å²) in [5.74, 6) is -0.986. The minimum atomic E-state index is -1.41. The SMILES string of the molecule is CCCC(=O)O[C@@H]1[C@@H](CO)OC(O)[C@@H]1OC(=O)CCC. The Balaban J connectivity index is 2.71. The molecule has 20 heavy (non-hydrogen) atoms. The number of hydrogen-bond donors (Lipinski definition) is 2. The maximum atomic E-state index is 11.5. The van der Waals surface area contributed by atoms with Gasteiger partial charge in [-0.1, -0.05) is 13.8 Å². The smallest absolute Gasteiger partial charge is 0.306 e. The van der Waals surface area contributed by atoms with Crippen molar-refractivity contribution in [2.24, 2.45) is 0 Å². The van der Waals surface area contributed by atoms with Crippen molar-refractivity contribution in [1.82, 2.24) is 0 Å². The molecule has 1 saturated heterocycles. The predicted molar refractivity (Wildman–Crippen MR) is 67.5 cm³/mol. The lowest BCUT2D eigenvalue weighted by molar-refractivity contribution is -0.177. The second-order valence-electron chi connectivity index (χ2n) is 4.66. The van der Waals surface area contributed by atoms with Crippen molar-refractivity contribution in [2.75, 3.05) is 6.61 Å². The van der Waals surface area contributed by atoms with Gasteiger partial charge in [0.1, 0.15) is 6.10 Å². The Bertz CT molecular complexity index is 331. The monoisotopic (exact) mass is 290 g/mol. The molecule has 7 heteroatoms. The van der Waals surface area contributed by atoms with Crippen LogP contribution in [0.2, 0.25) is 0 Å². The van der Waals surface area contributed by atoms with E-state index in [4.69, 9.17) is 14.2 Å². The number of esters is 2. The zero-order valence-electron chi connectivity index (χ0n) is 11.8. The van der Waals surface area contributed by atoms with Crippen molar-refractivity contribution in [3.05, 3.63) is 0 Å². The molecule has 0 aromatic heterocycles. The lowest BCUT2D eigenvalue weighted by atomic mass is 10.1. The molecule has 2 N–H and O–H groups in total. The molecule has 0 amide bonds. The Kier molecular flexibility index (Phi) is 6.90. The van der Waals surface area contributed by atoms with E-state index in [1.54, 1.807) is 0 Å². The van der Waals surface area contributed by atoms with E-state index in [2.05, 4.69) is 0 Å². The number of carbonyl (C=O) groups is 2. The van der Waals surface area contributed by atoms with E-state index >= 15 is 0 Å². The van der Waals surface area contributed by atoms with Gasteiger partial charge in [0.15, 0.2) is 18.5 Å². The van der Waals surface area contributed by atoms with Crippen LogP contribution in [0.5, 0.6) is 0 Å². The van der Waals surface area contributed by atoms with E-state index in [0.29, 0.717) is 12.8 Å². The molecule has 4 atom stereocenters. The molecule has 0 radical (unpaired) electrons. The summed E-state index contributed by atoms with van der Waals surface area (Å²) in [6.07, 6.45) is -2.78. The van der Waals surface area contributed by atoms with Gasteiger partial charge >= 0.3 is 11.9 Å². The second-order valence-corrected chi connectivity index (χ2v) is 4.66. The lowest BCUT2D eigenvalue weighted by Crippen LogP contribution is -2.41. The first-order valence-electron chi connectivity index (χ1n) is 6.86. The highest BCUT2D eigenvalue weighted by molar-refractivity contribution is 5.70. The van der Waals surface area contributed by atoms with Crippen LogP contribution in [0.15, 0.2) is 0 Å². The van der Waals surface area contributed by atoms with Gasteiger partial charge in [-0.3, -0.25) is 9.59 Å². The summed E-state index contributed by atoms with van der Waals surface area (Å²) in [7, 11) is 0. The number of rotatable bonds is 7. The molecule has 1 aliphatic rings. The van der Waals surface area contributed by atoms with Gasteiger partial charge in [0.2, 0.25) is 0 Å². The molecule has 1 aliphatic heterocycles. The van der Waals surface area contributed by atoms with E-state index < -0.39 is 43.1 Å². The zero-order chi connectivity index (χ0) is 15.1. The summed E-state index contributed by atoms with van der Waals surface area (Å²) in [5, 5.41) is 18.9. The Labute approximate surface area is 117 Å². The standard InChI is InChI=1S/C13H22O7/c1-3-5-9(15)19-11-8(7-14)18-13(17)12(11)20-10(16)6-4-2/h8,11-14,17H,3-7H2,1-2H3/t8-,11-,12-,13?/m1/s1. The normalized spacial score (nSPS) is 29.2. The largest absolute Gasteiger partial charge is 0.455 e. The van der Waals surface area contributed by atoms with Gasteiger partial charge in [-0.2, -0.15) is 0 Å². The van der Waals surface area contributed by atoms with Crippen LogP contribution in [-0.2, 0) is 23.8 Å². The first kappa shape index (κ1) is 16.9. The highest BCUT2D eigenvalue weighted by Gasteiger charge is 2.48. The molecule has 0 spiro atoms. The highest BCUT2D eigenvalue weighted by Crippen LogP contribution is 2.26. The quantitative estimate of drug-likeness (QED) is 0.642. The van der Waals surface area contributed by atoms with Crippen molar-refractivity contribution < 1.29 is 34.0 Å². The Morgan fingerprint density at radius 1 is 1.05 bits per heavy atom. The number of hydrogen-bond acceptors (Lipinski definition) is 7. The molecular weight excluding hydrogens is 268 g/mol. The van der Waals surface area contributed by atoms with Gasteiger partial charge in [0, 0.05) is 12.8 Å². The fraction of sp³-hybridized carbons (Fsp3) is 0.846. The molecule has 0 aromatic carbocycles. The number of carbonyl (C=O) groups excluding carboxylic acids is 2. The summed E-state index contributed by atoms with van der Waals surface area (Å²) in [4.78, 5) is 23.0. The van der Waals surface area contributed by atoms with E-state index in [9.17, 15) is 19.8 Å². The van der Waals surface area contributed by atoms with Crippen LogP contribution in [-0.4, -0.2) is 53.4 Å². The third-order valence-electron chi connectivity index (χ3n) is 2.91. The van der Waals surface area contributed by atoms with Gasteiger partial charge in [0.05, 0.1) is 6.61 Å². The summed E-state index contributed by atoms with van der Waals surface area (Å²) in [6, 6.07) is 0. The lowest BCUT2D eigenvalue weighted by Gasteiger charge is -2.22. The molecule has 7 nitrogen and oxygen atoms in total. The molecule has 0 aliphatic carbocycles. The van der Waals surface area contributed by atoms with Crippen molar-refractivity contribution in [2.45, 2.75) is 64.1 Å². The van der Waals surface area contributed by atoms with Gasteiger partial charge in [-0.05, 0) is 12.8 Å². The van der Waals surface area contributed by atoms with Crippen LogP contribution < -0.4 is 0 Å². The maximum absolute atomic E-state index is 11.5. The third-order valence-corrected chi connectivity index (χ3v) is 2.91. The van der Waals surface area contributed by atoms with Crippen LogP contribution in [0.1, 0.15) is 39.5 Å². The second kappa shape index (κ2) is 8.18. The third kappa shape index (κ3) is 4.43. The molecular formula is C13H22O7. The average molecular weight is 290 g/mol. The molecule has 116 valence electrons. The first-order valence-corrected chi connectivity index (χ1v) is 6.86. The summed E-state index contributed by atoms with van der Waals surface area (Å²) in [5.41, 5.74) is 0. The first-order chi connectivity index (χ1) is 9.53. The number of aliphatic hydroxyl groups is 2. The van der Waals surface area contributed by atoms with E-state index in [1.165, 1.54) is 0 Å². The predicted octanol–water partition coefficient (Wildman–Crippen LogP) is 0.120. The Hall–Kier alpha value is -1.18. The van der Waals surface area contributed by atoms with E-state index in [1.807, 2.05) is 13.8 Å². The summed E-state index contributed by atoms with van der Waals surface area (Å²) >= 11 is 0. The van der Waals surface area contributed by atoms with Gasteiger partial charge < -0.3 is 24.4 Å². The molecule has 1 fully saturated rings. The van der Waals surface area contributed by atoms with Crippen LogP contribution in [0, 0.1) is 0 Å². The topological polar surface area (TPSA) is 102 Å². The van der Waals surface area contributed by atoms with Crippen molar-refractivity contribution in [3.8, 4) is 0 Å².